The van der Waals surface area contributed by atoms with Gasteiger partial charge in [-0.05, 0) is 18.2 Å². The second-order valence-corrected chi connectivity index (χ2v) is 5.18. The minimum absolute atomic E-state index is 0.112. The molecule has 0 aliphatic carbocycles. The number of nitrogens with zero attached hydrogens (tertiary/aromatic N) is 1. The van der Waals surface area contributed by atoms with Gasteiger partial charge in [-0.2, -0.15) is 0 Å². The van der Waals surface area contributed by atoms with E-state index in [2.05, 4.69) is 15.9 Å². The number of carboxylic acid groups (broad SMARTS) is 1. The second-order valence-electron chi connectivity index (χ2n) is 4.26. The average Bonchev–Trinajstić information content (AvgIpc) is 2.35. The lowest BCUT2D eigenvalue weighted by molar-refractivity contribution is -0.143. The van der Waals surface area contributed by atoms with Gasteiger partial charge in [0.05, 0.1) is 5.92 Å². The summed E-state index contributed by atoms with van der Waals surface area (Å²) < 4.78 is 6.21. The van der Waals surface area contributed by atoms with Gasteiger partial charge < -0.3 is 14.7 Å². The van der Waals surface area contributed by atoms with Gasteiger partial charge >= 0.3 is 5.97 Å². The van der Waals surface area contributed by atoms with Crippen molar-refractivity contribution in [3.63, 3.8) is 0 Å². The lowest BCUT2D eigenvalue weighted by Gasteiger charge is -2.19. The molecule has 0 bridgehead atoms. The number of hydrogen-bond acceptors (Lipinski definition) is 3. The number of halogens is 1. The highest BCUT2D eigenvalue weighted by Gasteiger charge is 2.17. The largest absolute Gasteiger partial charge is 0.484 e. The maximum Gasteiger partial charge on any atom is 0.308 e. The van der Waals surface area contributed by atoms with E-state index in [0.29, 0.717) is 5.75 Å². The van der Waals surface area contributed by atoms with E-state index in [9.17, 15) is 9.59 Å². The smallest absolute Gasteiger partial charge is 0.308 e. The molecule has 1 aromatic carbocycles. The topological polar surface area (TPSA) is 66.8 Å². The molecule has 1 N–H and O–H groups in total. The normalized spacial score (nSPS) is 11.7. The summed E-state index contributed by atoms with van der Waals surface area (Å²) in [7, 11) is 1.56. The number of benzene rings is 1. The Balaban J connectivity index is 2.44. The molecule has 0 saturated carbocycles. The number of aliphatic carboxylic acids is 1. The van der Waals surface area contributed by atoms with Crippen LogP contribution in [0, 0.1) is 5.92 Å². The maximum atomic E-state index is 11.8. The quantitative estimate of drug-likeness (QED) is 0.866. The molecule has 1 rings (SSSR count). The minimum atomic E-state index is -0.924. The molecule has 0 heterocycles. The number of hydrogen-bond donors (Lipinski definition) is 1. The van der Waals surface area contributed by atoms with Crippen LogP contribution in [0.2, 0.25) is 0 Å². The van der Waals surface area contributed by atoms with Crippen LogP contribution in [0.4, 0.5) is 0 Å². The Morgan fingerprint density at radius 2 is 2.16 bits per heavy atom. The molecule has 1 unspecified atom stereocenters. The third-order valence-electron chi connectivity index (χ3n) is 2.55. The molecule has 19 heavy (non-hydrogen) atoms. The lowest BCUT2D eigenvalue weighted by Crippen LogP contribution is -2.36. The van der Waals surface area contributed by atoms with Crippen LogP contribution in [0.3, 0.4) is 0 Å². The number of likely N-dealkylation sites (N-methyl/N-ethyl adjacent to an activating group) is 1. The van der Waals surface area contributed by atoms with Crippen LogP contribution in [0.1, 0.15) is 6.92 Å². The van der Waals surface area contributed by atoms with Crippen molar-refractivity contribution in [1.82, 2.24) is 4.90 Å². The van der Waals surface area contributed by atoms with Gasteiger partial charge in [-0.3, -0.25) is 9.59 Å². The second kappa shape index (κ2) is 7.13. The van der Waals surface area contributed by atoms with Crippen molar-refractivity contribution < 1.29 is 19.4 Å². The van der Waals surface area contributed by atoms with Crippen molar-refractivity contribution in [1.29, 1.82) is 0 Å². The van der Waals surface area contributed by atoms with Crippen LogP contribution in [0.5, 0.6) is 5.75 Å². The van der Waals surface area contributed by atoms with Crippen LogP contribution in [-0.4, -0.2) is 42.1 Å². The Morgan fingerprint density at radius 3 is 2.74 bits per heavy atom. The number of carbonyl (C=O) groups excluding carboxylic acids is 1. The zero-order valence-corrected chi connectivity index (χ0v) is 12.4. The number of amides is 1. The van der Waals surface area contributed by atoms with Crippen LogP contribution >= 0.6 is 15.9 Å². The van der Waals surface area contributed by atoms with Crippen LogP contribution < -0.4 is 4.74 Å². The molecular weight excluding hydrogens is 314 g/mol. The zero-order valence-electron chi connectivity index (χ0n) is 10.8. The first-order valence-corrected chi connectivity index (χ1v) is 6.54. The van der Waals surface area contributed by atoms with Crippen molar-refractivity contribution in [2.24, 2.45) is 5.92 Å². The summed E-state index contributed by atoms with van der Waals surface area (Å²) in [5, 5.41) is 8.78. The molecule has 1 atom stereocenters. The van der Waals surface area contributed by atoms with Crippen molar-refractivity contribution >= 4 is 27.8 Å². The first-order chi connectivity index (χ1) is 8.90. The molecule has 0 spiro atoms. The van der Waals surface area contributed by atoms with E-state index in [1.807, 2.05) is 6.07 Å². The third-order valence-corrected chi connectivity index (χ3v) is 3.05. The lowest BCUT2D eigenvalue weighted by atomic mass is 10.2. The predicted molar refractivity (Wildman–Crippen MR) is 74.1 cm³/mol. The van der Waals surface area contributed by atoms with Gasteiger partial charge in [0.1, 0.15) is 5.75 Å². The molecule has 1 amide bonds. The van der Waals surface area contributed by atoms with E-state index < -0.39 is 11.9 Å². The van der Waals surface area contributed by atoms with E-state index in [1.165, 1.54) is 4.90 Å². The first kappa shape index (κ1) is 15.5. The summed E-state index contributed by atoms with van der Waals surface area (Å²) in [6.07, 6.45) is 0. The summed E-state index contributed by atoms with van der Waals surface area (Å²) in [6.45, 7) is 1.61. The van der Waals surface area contributed by atoms with E-state index in [0.717, 1.165) is 4.47 Å². The average molecular weight is 330 g/mol. The number of ether oxygens (including phenoxy) is 1. The monoisotopic (exact) mass is 329 g/mol. The molecule has 6 heteroatoms. The van der Waals surface area contributed by atoms with Gasteiger partial charge in [-0.1, -0.05) is 28.9 Å². The molecular formula is C13H16BrNO4. The molecule has 0 aliphatic heterocycles. The van der Waals surface area contributed by atoms with E-state index >= 15 is 0 Å². The Labute approximate surface area is 120 Å². The Kier molecular flexibility index (Phi) is 5.82. The molecule has 0 saturated heterocycles. The first-order valence-electron chi connectivity index (χ1n) is 5.75. The fraction of sp³-hybridized carbons (Fsp3) is 0.385. The predicted octanol–water partition coefficient (Wildman–Crippen LogP) is 2.01. The maximum absolute atomic E-state index is 11.8. The SMILES string of the molecule is CC(CN(C)C(=O)COc1cccc(Br)c1)C(=O)O. The fourth-order valence-corrected chi connectivity index (χ4v) is 1.78. The van der Waals surface area contributed by atoms with Gasteiger partial charge in [0, 0.05) is 18.1 Å². The zero-order chi connectivity index (χ0) is 14.4. The summed E-state index contributed by atoms with van der Waals surface area (Å²) >= 11 is 3.31. The van der Waals surface area contributed by atoms with Gasteiger partial charge in [0.15, 0.2) is 6.61 Å². The minimum Gasteiger partial charge on any atom is -0.484 e. The third kappa shape index (κ3) is 5.30. The number of carboxylic acids is 1. The van der Waals surface area contributed by atoms with Gasteiger partial charge in [0.25, 0.3) is 5.91 Å². The Bertz CT molecular complexity index is 464. The Hall–Kier alpha value is -1.56. The number of carbonyl (C=O) groups is 2. The molecule has 0 radical (unpaired) electrons. The highest BCUT2D eigenvalue weighted by Crippen LogP contribution is 2.17. The molecule has 1 aromatic rings. The van der Waals surface area contributed by atoms with Crippen LogP contribution in [-0.2, 0) is 9.59 Å². The fourth-order valence-electron chi connectivity index (χ4n) is 1.40. The van der Waals surface area contributed by atoms with E-state index in [-0.39, 0.29) is 19.1 Å². The van der Waals surface area contributed by atoms with E-state index in [4.69, 9.17) is 9.84 Å². The molecule has 0 aromatic heterocycles. The van der Waals surface area contributed by atoms with Gasteiger partial charge in [0.2, 0.25) is 0 Å². The summed E-state index contributed by atoms with van der Waals surface area (Å²) in [4.78, 5) is 23.8. The Morgan fingerprint density at radius 1 is 1.47 bits per heavy atom. The summed E-state index contributed by atoms with van der Waals surface area (Å²) in [6, 6.07) is 7.17. The van der Waals surface area contributed by atoms with Crippen molar-refractivity contribution in [2.45, 2.75) is 6.92 Å². The summed E-state index contributed by atoms with van der Waals surface area (Å²) in [5.41, 5.74) is 0. The van der Waals surface area contributed by atoms with Crippen molar-refractivity contribution in [3.05, 3.63) is 28.7 Å². The van der Waals surface area contributed by atoms with E-state index in [1.54, 1.807) is 32.2 Å². The van der Waals surface area contributed by atoms with Gasteiger partial charge in [-0.25, -0.2) is 0 Å². The molecule has 104 valence electrons. The van der Waals surface area contributed by atoms with Crippen molar-refractivity contribution in [2.75, 3.05) is 20.2 Å². The van der Waals surface area contributed by atoms with Gasteiger partial charge in [-0.15, -0.1) is 0 Å². The molecule has 0 aliphatic rings. The van der Waals surface area contributed by atoms with Crippen LogP contribution in [0.25, 0.3) is 0 Å². The highest BCUT2D eigenvalue weighted by atomic mass is 79.9. The summed E-state index contributed by atoms with van der Waals surface area (Å²) in [5.74, 6) is -1.19. The molecule has 5 nitrogen and oxygen atoms in total. The number of rotatable bonds is 6. The highest BCUT2D eigenvalue weighted by molar-refractivity contribution is 9.10. The molecule has 0 fully saturated rings. The standard InChI is InChI=1S/C13H16BrNO4/c1-9(13(17)18)7-15(2)12(16)8-19-11-5-3-4-10(14)6-11/h3-6,9H,7-8H2,1-2H3,(H,17,18). The van der Waals surface area contributed by atoms with Crippen molar-refractivity contribution in [3.8, 4) is 5.75 Å². The van der Waals surface area contributed by atoms with Crippen LogP contribution in [0.15, 0.2) is 28.7 Å².